The van der Waals surface area contributed by atoms with Gasteiger partial charge >= 0.3 is 0 Å². The second-order valence-electron chi connectivity index (χ2n) is 2.38. The van der Waals surface area contributed by atoms with Gasteiger partial charge in [0, 0.05) is 32.7 Å². The van der Waals surface area contributed by atoms with E-state index in [-0.39, 0.29) is 38.1 Å². The zero-order chi connectivity index (χ0) is 5.21. The number of hydrogen-bond acceptors (Lipinski definition) is 0. The van der Waals surface area contributed by atoms with Crippen LogP contribution in [0.2, 0.25) is 0 Å². The summed E-state index contributed by atoms with van der Waals surface area (Å²) in [5, 5.41) is 0. The fraction of sp³-hybridized carbons (Fsp3) is 0.667. The van der Waals surface area contributed by atoms with Crippen LogP contribution < -0.4 is 0 Å². The van der Waals surface area contributed by atoms with E-state index in [9.17, 15) is 0 Å². The van der Waals surface area contributed by atoms with Gasteiger partial charge in [-0.25, -0.2) is 0 Å². The van der Waals surface area contributed by atoms with Crippen LogP contribution >= 0.6 is 0 Å². The molecule has 37 valence electrons. The van der Waals surface area contributed by atoms with E-state index in [4.69, 9.17) is 6.42 Å². The maximum absolute atomic E-state index is 6.60. The molecule has 0 spiro atoms. The molecule has 0 bridgehead atoms. The Morgan fingerprint density at radius 2 is 1.43 bits per heavy atom. The average Bonchev–Trinajstić information content (AvgIpc) is 1.35. The quantitative estimate of drug-likeness (QED) is 0.382. The van der Waals surface area contributed by atoms with E-state index >= 15 is 0 Å². The number of hydrogen-bond donors (Lipinski definition) is 0. The molecule has 1 radical (unpaired) electrons. The van der Waals surface area contributed by atoms with Crippen LogP contribution in [0.3, 0.4) is 0 Å². The van der Waals surface area contributed by atoms with Crippen molar-refractivity contribution in [3.8, 4) is 5.92 Å². The second-order valence-corrected chi connectivity index (χ2v) is 2.38. The molecule has 0 aliphatic carbocycles. The van der Waals surface area contributed by atoms with Gasteiger partial charge in [0.2, 0.25) is 0 Å². The molecule has 0 unspecified atom stereocenters. The first-order chi connectivity index (χ1) is 2.56. The van der Waals surface area contributed by atoms with Crippen molar-refractivity contribution in [1.29, 1.82) is 0 Å². The molecule has 0 aromatic rings. The molecule has 0 atom stereocenters. The average molecular weight is 170 g/mol. The van der Waals surface area contributed by atoms with Crippen molar-refractivity contribution in [1.82, 2.24) is 0 Å². The Hall–Kier alpha value is 0.664. The van der Waals surface area contributed by atoms with E-state index in [0.717, 1.165) is 0 Å². The molecule has 7 heavy (non-hydrogen) atoms. The summed E-state index contributed by atoms with van der Waals surface area (Å²) in [7, 11) is 0. The van der Waals surface area contributed by atoms with E-state index in [1.165, 1.54) is 0 Å². The molecule has 0 nitrogen and oxygen atoms in total. The third-order valence-electron chi connectivity index (χ3n) is 0.375. The summed E-state index contributed by atoms with van der Waals surface area (Å²) in [5.41, 5.74) is -0.0417. The van der Waals surface area contributed by atoms with Crippen LogP contribution in [-0.4, -0.2) is 0 Å². The van der Waals surface area contributed by atoms with Gasteiger partial charge < -0.3 is 12.3 Å². The van der Waals surface area contributed by atoms with Gasteiger partial charge in [0.05, 0.1) is 0 Å². The molecule has 0 aliphatic heterocycles. The third kappa shape index (κ3) is 10.8. The van der Waals surface area contributed by atoms with Crippen molar-refractivity contribution in [3.63, 3.8) is 0 Å². The standard InChI is InChI=1S/C6H9.Y/c1-5-6(2,3)4;/h2-4H3;/q-1;. The third-order valence-corrected chi connectivity index (χ3v) is 0.375. The van der Waals surface area contributed by atoms with Crippen LogP contribution in [0.4, 0.5) is 0 Å². The molecule has 0 heterocycles. The Bertz CT molecular complexity index is 71.2. The molecule has 0 aliphatic rings. The fourth-order valence-corrected chi connectivity index (χ4v) is 0. The van der Waals surface area contributed by atoms with E-state index in [0.29, 0.717) is 0 Å². The van der Waals surface area contributed by atoms with Gasteiger partial charge in [-0.2, -0.15) is 0 Å². The Labute approximate surface area is 70.9 Å². The Kier molecular flexibility index (Phi) is 5.52. The molecule has 1 heteroatoms. The van der Waals surface area contributed by atoms with Crippen LogP contribution in [0.15, 0.2) is 0 Å². The van der Waals surface area contributed by atoms with E-state index < -0.39 is 0 Å². The first-order valence-electron chi connectivity index (χ1n) is 2.00. The van der Waals surface area contributed by atoms with Crippen LogP contribution in [-0.2, 0) is 32.7 Å². The van der Waals surface area contributed by atoms with Gasteiger partial charge in [0.15, 0.2) is 0 Å². The maximum atomic E-state index is 6.60. The van der Waals surface area contributed by atoms with Crippen molar-refractivity contribution < 1.29 is 32.7 Å². The molecule has 0 saturated heterocycles. The predicted molar refractivity (Wildman–Crippen MR) is 26.6 cm³/mol. The van der Waals surface area contributed by atoms with Gasteiger partial charge in [-0.3, -0.25) is 0 Å². The van der Waals surface area contributed by atoms with Gasteiger partial charge in [0.25, 0.3) is 0 Å². The van der Waals surface area contributed by atoms with Crippen LogP contribution in [0, 0.1) is 17.8 Å². The largest absolute Gasteiger partial charge is 0.693 e. The topological polar surface area (TPSA) is 0 Å². The van der Waals surface area contributed by atoms with Crippen LogP contribution in [0.5, 0.6) is 0 Å². The molecule has 0 amide bonds. The van der Waals surface area contributed by atoms with Crippen molar-refractivity contribution in [3.05, 3.63) is 6.42 Å². The van der Waals surface area contributed by atoms with Crippen molar-refractivity contribution >= 4 is 0 Å². The molecular formula is C6H9Y-. The molecule has 0 aromatic heterocycles. The summed E-state index contributed by atoms with van der Waals surface area (Å²) in [5.74, 6) is 2.35. The van der Waals surface area contributed by atoms with Gasteiger partial charge in [0.1, 0.15) is 0 Å². The van der Waals surface area contributed by atoms with E-state index in [1.54, 1.807) is 0 Å². The summed E-state index contributed by atoms with van der Waals surface area (Å²) in [6.07, 6.45) is 6.60. The Balaban J connectivity index is 0. The minimum Gasteiger partial charge on any atom is -0.693 e. The molecular weight excluding hydrogens is 161 g/mol. The SMILES string of the molecule is [C-]#CC(C)(C)C.[Y]. The maximum Gasteiger partial charge on any atom is 0 e. The zero-order valence-electron chi connectivity index (χ0n) is 5.08. The second kappa shape index (κ2) is 3.64. The number of rotatable bonds is 0. The monoisotopic (exact) mass is 170 g/mol. The normalized spacial score (nSPS) is 8.86. The minimum atomic E-state index is -0.0417. The fourth-order valence-electron chi connectivity index (χ4n) is 0. The van der Waals surface area contributed by atoms with Crippen molar-refractivity contribution in [2.45, 2.75) is 20.8 Å². The summed E-state index contributed by atoms with van der Waals surface area (Å²) < 4.78 is 0. The molecule has 0 fully saturated rings. The van der Waals surface area contributed by atoms with Gasteiger partial charge in [-0.15, -0.1) is 0 Å². The molecule has 0 rings (SSSR count). The zero-order valence-corrected chi connectivity index (χ0v) is 7.92. The van der Waals surface area contributed by atoms with Crippen LogP contribution in [0.1, 0.15) is 20.8 Å². The summed E-state index contributed by atoms with van der Waals surface area (Å²) in [6, 6.07) is 0. The summed E-state index contributed by atoms with van der Waals surface area (Å²) >= 11 is 0. The smallest absolute Gasteiger partial charge is 0 e. The summed E-state index contributed by atoms with van der Waals surface area (Å²) in [6.45, 7) is 5.83. The first-order valence-corrected chi connectivity index (χ1v) is 2.00. The van der Waals surface area contributed by atoms with Crippen molar-refractivity contribution in [2.24, 2.45) is 5.41 Å². The van der Waals surface area contributed by atoms with Gasteiger partial charge in [-0.05, 0) is 5.41 Å². The van der Waals surface area contributed by atoms with Crippen molar-refractivity contribution in [2.75, 3.05) is 0 Å². The van der Waals surface area contributed by atoms with E-state index in [1.807, 2.05) is 20.8 Å². The van der Waals surface area contributed by atoms with Crippen LogP contribution in [0.25, 0.3) is 0 Å². The predicted octanol–water partition coefficient (Wildman–Crippen LogP) is 1.62. The Morgan fingerprint density at radius 3 is 1.43 bits per heavy atom. The molecule has 0 aromatic carbocycles. The van der Waals surface area contributed by atoms with E-state index in [2.05, 4.69) is 5.92 Å². The first kappa shape index (κ1) is 10.6. The summed E-state index contributed by atoms with van der Waals surface area (Å²) in [4.78, 5) is 0. The Morgan fingerprint density at radius 1 is 1.29 bits per heavy atom. The molecule has 0 saturated carbocycles. The minimum absolute atomic E-state index is 0. The molecule has 0 N–H and O–H groups in total. The van der Waals surface area contributed by atoms with Gasteiger partial charge in [-0.1, -0.05) is 20.8 Å².